The number of carboxylic acids is 2. The summed E-state index contributed by atoms with van der Waals surface area (Å²) in [7, 11) is 0. The van der Waals surface area contributed by atoms with E-state index in [1.807, 2.05) is 30.3 Å². The third kappa shape index (κ3) is 11.1. The number of carbonyl (C=O) groups is 2. The number of ether oxygens (including phenoxy) is 3. The molecule has 3 aromatic carbocycles. The molecule has 0 aliphatic carbocycles. The van der Waals surface area contributed by atoms with Crippen molar-refractivity contribution in [1.29, 1.82) is 5.41 Å². The van der Waals surface area contributed by atoms with Crippen LogP contribution in [0.25, 0.3) is 0 Å². The molecule has 1 unspecified atom stereocenters. The van der Waals surface area contributed by atoms with E-state index in [1.165, 1.54) is 30.3 Å². The van der Waals surface area contributed by atoms with Crippen LogP contribution in [0.1, 0.15) is 48.7 Å². The number of aryl methyl sites for hydroxylation is 1. The number of aromatic nitrogens is 1. The van der Waals surface area contributed by atoms with Gasteiger partial charge in [0.2, 0.25) is 11.6 Å². The molecule has 4 aromatic rings. The molecule has 0 aliphatic heterocycles. The number of nitrogens with one attached hydrogen (secondary N) is 2. The zero-order chi connectivity index (χ0) is 37.2. The standard InChI is InChI=1S/C32H32F2N4O5.C2HF3O2/c1-18(2)41-23-14-15-25(24(17-23)32(39)40)43-31-27(34)28(37-19(3)12-13-20-8-5-4-6-9-20)26(33)30(38-31)42-22-11-7-10-21(16-22)29(35)36;3-2(4,5)1(6)7/h4-11,14-19H,12-13H2,1-3H3,(H3,35,36)(H,37,38)(H,39,40);(H,6,7). The van der Waals surface area contributed by atoms with Crippen molar-refractivity contribution in [1.82, 2.24) is 4.98 Å². The van der Waals surface area contributed by atoms with Gasteiger partial charge in [-0.1, -0.05) is 42.5 Å². The van der Waals surface area contributed by atoms with Crippen LogP contribution in [0.3, 0.4) is 0 Å². The lowest BCUT2D eigenvalue weighted by Crippen LogP contribution is -2.21. The summed E-state index contributed by atoms with van der Waals surface area (Å²) in [6.45, 7) is 5.34. The van der Waals surface area contributed by atoms with Crippen molar-refractivity contribution >= 4 is 23.5 Å². The molecule has 6 N–H and O–H groups in total. The Morgan fingerprint density at radius 1 is 0.900 bits per heavy atom. The van der Waals surface area contributed by atoms with Gasteiger partial charge in [0.1, 0.15) is 34.3 Å². The predicted octanol–water partition coefficient (Wildman–Crippen LogP) is 7.78. The highest BCUT2D eigenvalue weighted by molar-refractivity contribution is 5.95. The molecule has 4 rings (SSSR count). The zero-order valence-corrected chi connectivity index (χ0v) is 26.8. The van der Waals surface area contributed by atoms with Crippen LogP contribution in [0.2, 0.25) is 0 Å². The first-order valence-electron chi connectivity index (χ1n) is 14.8. The minimum atomic E-state index is -5.08. The molecule has 0 amide bonds. The van der Waals surface area contributed by atoms with E-state index in [0.717, 1.165) is 5.56 Å². The molecule has 1 aromatic heterocycles. The van der Waals surface area contributed by atoms with Gasteiger partial charge in [-0.25, -0.2) is 9.59 Å². The van der Waals surface area contributed by atoms with Crippen LogP contribution in [0.15, 0.2) is 72.8 Å². The zero-order valence-electron chi connectivity index (χ0n) is 26.8. The smallest absolute Gasteiger partial charge is 0.490 e. The van der Waals surface area contributed by atoms with E-state index in [2.05, 4.69) is 10.3 Å². The number of alkyl halides is 3. The fourth-order valence-corrected chi connectivity index (χ4v) is 4.16. The molecule has 0 aliphatic rings. The Bertz CT molecular complexity index is 1820. The number of carboxylic acid groups (broad SMARTS) is 2. The minimum Gasteiger partial charge on any atom is -0.491 e. The Morgan fingerprint density at radius 2 is 1.52 bits per heavy atom. The molecule has 11 nitrogen and oxygen atoms in total. The second kappa shape index (κ2) is 16.9. The third-order valence-electron chi connectivity index (χ3n) is 6.48. The second-order valence-corrected chi connectivity index (χ2v) is 10.9. The van der Waals surface area contributed by atoms with Crippen molar-refractivity contribution in [3.8, 4) is 29.0 Å². The van der Waals surface area contributed by atoms with E-state index in [1.54, 1.807) is 32.9 Å². The predicted molar refractivity (Wildman–Crippen MR) is 172 cm³/mol. The summed E-state index contributed by atoms with van der Waals surface area (Å²) in [5, 5.41) is 27.4. The lowest BCUT2D eigenvalue weighted by Gasteiger charge is -2.19. The molecule has 266 valence electrons. The fourth-order valence-electron chi connectivity index (χ4n) is 4.16. The van der Waals surface area contributed by atoms with Gasteiger partial charge >= 0.3 is 18.1 Å². The maximum absolute atomic E-state index is 15.9. The number of nitrogens with two attached hydrogens (primary N) is 1. The quantitative estimate of drug-likeness (QED) is 0.0525. The molecule has 0 saturated heterocycles. The molecule has 0 bridgehead atoms. The molecule has 16 heteroatoms. The number of amidine groups is 1. The van der Waals surface area contributed by atoms with Gasteiger partial charge in [0, 0.05) is 11.6 Å². The molecule has 1 heterocycles. The minimum absolute atomic E-state index is 0.0844. The monoisotopic (exact) mass is 704 g/mol. The lowest BCUT2D eigenvalue weighted by atomic mass is 10.1. The van der Waals surface area contributed by atoms with Crippen molar-refractivity contribution < 1.29 is 56.0 Å². The van der Waals surface area contributed by atoms with Crippen LogP contribution in [0.5, 0.6) is 29.0 Å². The number of aromatic carboxylic acids is 1. The molecule has 0 fully saturated rings. The average Bonchev–Trinajstić information content (AvgIpc) is 3.05. The highest BCUT2D eigenvalue weighted by atomic mass is 19.4. The van der Waals surface area contributed by atoms with Crippen LogP contribution in [0, 0.1) is 17.0 Å². The Morgan fingerprint density at radius 3 is 2.08 bits per heavy atom. The van der Waals surface area contributed by atoms with Crippen molar-refractivity contribution in [2.24, 2.45) is 5.73 Å². The summed E-state index contributed by atoms with van der Waals surface area (Å²) in [6, 6.07) is 19.3. The third-order valence-corrected chi connectivity index (χ3v) is 6.48. The van der Waals surface area contributed by atoms with Gasteiger partial charge in [-0.15, -0.1) is 0 Å². The molecule has 50 heavy (non-hydrogen) atoms. The number of halogens is 5. The van der Waals surface area contributed by atoms with E-state index in [0.29, 0.717) is 18.4 Å². The fraction of sp³-hybridized carbons (Fsp3) is 0.235. The molecular formula is C34H33F5N4O7. The highest BCUT2D eigenvalue weighted by Gasteiger charge is 2.38. The number of nitrogen functional groups attached to an aromatic ring is 1. The molecule has 0 radical (unpaired) electrons. The Kier molecular flexibility index (Phi) is 13.1. The van der Waals surface area contributed by atoms with Gasteiger partial charge in [0.25, 0.3) is 11.8 Å². The van der Waals surface area contributed by atoms with E-state index in [4.69, 9.17) is 35.3 Å². The largest absolute Gasteiger partial charge is 0.491 e. The van der Waals surface area contributed by atoms with Crippen LogP contribution >= 0.6 is 0 Å². The van der Waals surface area contributed by atoms with E-state index in [9.17, 15) is 23.1 Å². The van der Waals surface area contributed by atoms with Gasteiger partial charge in [-0.3, -0.25) is 5.41 Å². The highest BCUT2D eigenvalue weighted by Crippen LogP contribution is 2.38. The lowest BCUT2D eigenvalue weighted by molar-refractivity contribution is -0.192. The van der Waals surface area contributed by atoms with E-state index in [-0.39, 0.29) is 34.8 Å². The molecule has 0 saturated carbocycles. The van der Waals surface area contributed by atoms with Gasteiger partial charge in [-0.2, -0.15) is 26.9 Å². The van der Waals surface area contributed by atoms with Crippen LogP contribution in [-0.2, 0) is 11.2 Å². The Balaban J connectivity index is 0.000000872. The normalized spacial score (nSPS) is 11.5. The SMILES string of the molecule is CC(CCc1ccccc1)Nc1c(F)c(Oc2cccc(C(=N)N)c2)nc(Oc2ccc(OC(C)C)cc2C(=O)O)c1F.O=C(O)C(F)(F)F. The molecule has 1 atom stereocenters. The van der Waals surface area contributed by atoms with Gasteiger partial charge in [0.15, 0.2) is 0 Å². The van der Waals surface area contributed by atoms with Crippen LogP contribution in [0.4, 0.5) is 27.6 Å². The van der Waals surface area contributed by atoms with Crippen molar-refractivity contribution in [3.63, 3.8) is 0 Å². The number of hydrogen-bond donors (Lipinski definition) is 5. The first kappa shape index (κ1) is 38.5. The molecule has 0 spiro atoms. The summed E-state index contributed by atoms with van der Waals surface area (Å²) in [5.41, 5.74) is 6.08. The molecular weight excluding hydrogens is 671 g/mol. The van der Waals surface area contributed by atoms with E-state index < -0.39 is 53.2 Å². The summed E-state index contributed by atoms with van der Waals surface area (Å²) in [6.07, 6.45) is -4.11. The first-order chi connectivity index (χ1) is 23.5. The summed E-state index contributed by atoms with van der Waals surface area (Å²) in [5.74, 6) is -7.86. The number of anilines is 1. The summed E-state index contributed by atoms with van der Waals surface area (Å²) >= 11 is 0. The van der Waals surface area contributed by atoms with E-state index >= 15 is 8.78 Å². The number of aliphatic carboxylic acids is 1. The van der Waals surface area contributed by atoms with Crippen molar-refractivity contribution in [3.05, 3.63) is 101 Å². The van der Waals surface area contributed by atoms with Crippen molar-refractivity contribution in [2.45, 2.75) is 51.9 Å². The van der Waals surface area contributed by atoms with Crippen LogP contribution < -0.4 is 25.3 Å². The number of rotatable bonds is 13. The Hall–Kier alpha value is -5.93. The topological polar surface area (TPSA) is 177 Å². The first-order valence-corrected chi connectivity index (χ1v) is 14.8. The Labute approximate surface area is 282 Å². The van der Waals surface area contributed by atoms with Gasteiger partial charge < -0.3 is 35.5 Å². The maximum atomic E-state index is 15.9. The number of nitrogens with zero attached hydrogens (tertiary/aromatic N) is 1. The second-order valence-electron chi connectivity index (χ2n) is 10.9. The average molecular weight is 705 g/mol. The number of benzene rings is 3. The number of pyridine rings is 1. The van der Waals surface area contributed by atoms with Crippen LogP contribution in [-0.4, -0.2) is 51.3 Å². The van der Waals surface area contributed by atoms with Gasteiger partial charge in [-0.05, 0) is 69.5 Å². The summed E-state index contributed by atoms with van der Waals surface area (Å²) in [4.78, 5) is 24.8. The summed E-state index contributed by atoms with van der Waals surface area (Å²) < 4.78 is 80.2. The maximum Gasteiger partial charge on any atom is 0.490 e. The van der Waals surface area contributed by atoms with Crippen molar-refractivity contribution in [2.75, 3.05) is 5.32 Å². The number of hydrogen-bond acceptors (Lipinski definition) is 8. The van der Waals surface area contributed by atoms with Gasteiger partial charge in [0.05, 0.1) is 6.10 Å².